The second-order valence-corrected chi connectivity index (χ2v) is 7.51. The third-order valence-corrected chi connectivity index (χ3v) is 4.31. The quantitative estimate of drug-likeness (QED) is 0.904. The molecule has 5 nitrogen and oxygen atoms in total. The summed E-state index contributed by atoms with van der Waals surface area (Å²) in [5.41, 5.74) is 0.00711. The van der Waals surface area contributed by atoms with Gasteiger partial charge in [0.2, 0.25) is 5.89 Å². The van der Waals surface area contributed by atoms with Crippen molar-refractivity contribution in [2.24, 2.45) is 0 Å². The van der Waals surface area contributed by atoms with E-state index >= 15 is 0 Å². The minimum atomic E-state index is -0.262. The first kappa shape index (κ1) is 17.4. The third-order valence-electron chi connectivity index (χ3n) is 4.31. The van der Waals surface area contributed by atoms with E-state index in [1.54, 1.807) is 0 Å². The van der Waals surface area contributed by atoms with E-state index in [1.807, 2.05) is 13.1 Å². The molecule has 0 bridgehead atoms. The van der Waals surface area contributed by atoms with Crippen molar-refractivity contribution < 1.29 is 9.52 Å². The Morgan fingerprint density at radius 3 is 2.68 bits per heavy atom. The smallest absolute Gasteiger partial charge is 0.208 e. The second-order valence-electron chi connectivity index (χ2n) is 7.51. The van der Waals surface area contributed by atoms with Crippen LogP contribution >= 0.6 is 0 Å². The molecule has 1 aliphatic rings. The summed E-state index contributed by atoms with van der Waals surface area (Å²) in [4.78, 5) is 9.24. The van der Waals surface area contributed by atoms with Gasteiger partial charge in [0.15, 0.2) is 0 Å². The fraction of sp³-hybridized carbons (Fsp3) is 0.824. The average molecular weight is 309 g/mol. The summed E-state index contributed by atoms with van der Waals surface area (Å²) in [6.07, 6.45) is 2.69. The van der Waals surface area contributed by atoms with Gasteiger partial charge in [-0.2, -0.15) is 0 Å². The van der Waals surface area contributed by atoms with Gasteiger partial charge < -0.3 is 9.52 Å². The van der Waals surface area contributed by atoms with Gasteiger partial charge in [-0.1, -0.05) is 27.7 Å². The molecule has 2 heterocycles. The van der Waals surface area contributed by atoms with Gasteiger partial charge in [0.05, 0.1) is 18.8 Å². The van der Waals surface area contributed by atoms with Gasteiger partial charge in [0, 0.05) is 37.6 Å². The van der Waals surface area contributed by atoms with Gasteiger partial charge in [-0.3, -0.25) is 9.80 Å². The Hall–Kier alpha value is -0.910. The number of piperazine rings is 1. The molecule has 2 atom stereocenters. The second kappa shape index (κ2) is 7.11. The van der Waals surface area contributed by atoms with Crippen LogP contribution < -0.4 is 0 Å². The number of β-amino-alcohol motifs (C(OH)–C–C–N with tert-alkyl or cyclic N) is 1. The van der Waals surface area contributed by atoms with Crippen molar-refractivity contribution in [3.8, 4) is 0 Å². The average Bonchev–Trinajstić information content (AvgIpc) is 2.88. The highest BCUT2D eigenvalue weighted by Gasteiger charge is 2.27. The minimum Gasteiger partial charge on any atom is -0.444 e. The molecule has 1 aliphatic heterocycles. The molecule has 0 radical (unpaired) electrons. The highest BCUT2D eigenvalue weighted by molar-refractivity contribution is 5.06. The molecule has 0 saturated carbocycles. The Morgan fingerprint density at radius 1 is 1.41 bits per heavy atom. The predicted octanol–water partition coefficient (Wildman–Crippen LogP) is 2.25. The predicted molar refractivity (Wildman–Crippen MR) is 87.8 cm³/mol. The lowest BCUT2D eigenvalue weighted by atomic mass is 9.94. The van der Waals surface area contributed by atoms with Crippen LogP contribution in [-0.2, 0) is 12.0 Å². The highest BCUT2D eigenvalue weighted by Crippen LogP contribution is 2.23. The van der Waals surface area contributed by atoms with Crippen LogP contribution in [0.2, 0.25) is 0 Å². The SMILES string of the molecule is CCC1CN(Cc2ncc(C(C)(C)C)o2)CCN1CC(C)O. The van der Waals surface area contributed by atoms with E-state index in [0.717, 1.165) is 50.8 Å². The molecular formula is C17H31N3O2. The molecule has 1 N–H and O–H groups in total. The number of nitrogens with zero attached hydrogens (tertiary/aromatic N) is 3. The molecule has 0 spiro atoms. The molecule has 126 valence electrons. The molecule has 0 amide bonds. The Kier molecular flexibility index (Phi) is 5.64. The van der Waals surface area contributed by atoms with Crippen molar-refractivity contribution in [3.05, 3.63) is 17.8 Å². The van der Waals surface area contributed by atoms with E-state index in [-0.39, 0.29) is 11.5 Å². The maximum Gasteiger partial charge on any atom is 0.208 e. The van der Waals surface area contributed by atoms with Gasteiger partial charge in [0.1, 0.15) is 5.76 Å². The molecule has 2 rings (SSSR count). The fourth-order valence-electron chi connectivity index (χ4n) is 2.99. The summed E-state index contributed by atoms with van der Waals surface area (Å²) >= 11 is 0. The van der Waals surface area contributed by atoms with Gasteiger partial charge in [-0.25, -0.2) is 4.98 Å². The third kappa shape index (κ3) is 4.54. The zero-order chi connectivity index (χ0) is 16.3. The first-order valence-electron chi connectivity index (χ1n) is 8.39. The van der Waals surface area contributed by atoms with E-state index in [2.05, 4.69) is 42.5 Å². The van der Waals surface area contributed by atoms with Crippen LogP contribution in [0, 0.1) is 0 Å². The molecule has 0 aromatic carbocycles. The maximum atomic E-state index is 9.62. The van der Waals surface area contributed by atoms with E-state index in [4.69, 9.17) is 4.42 Å². The Balaban J connectivity index is 1.93. The first-order chi connectivity index (χ1) is 10.3. The Morgan fingerprint density at radius 2 is 2.14 bits per heavy atom. The first-order valence-corrected chi connectivity index (χ1v) is 8.39. The number of hydrogen-bond donors (Lipinski definition) is 1. The summed E-state index contributed by atoms with van der Waals surface area (Å²) in [5.74, 6) is 1.76. The van der Waals surface area contributed by atoms with Crippen LogP contribution in [0.5, 0.6) is 0 Å². The summed E-state index contributed by atoms with van der Waals surface area (Å²) < 4.78 is 5.90. The fourth-order valence-corrected chi connectivity index (χ4v) is 2.99. The van der Waals surface area contributed by atoms with Crippen LogP contribution in [0.4, 0.5) is 0 Å². The molecule has 1 saturated heterocycles. The number of hydrogen-bond acceptors (Lipinski definition) is 5. The molecule has 1 aromatic heterocycles. The minimum absolute atomic E-state index is 0.00711. The summed E-state index contributed by atoms with van der Waals surface area (Å²) in [5, 5.41) is 9.62. The van der Waals surface area contributed by atoms with Crippen LogP contribution in [0.25, 0.3) is 0 Å². The monoisotopic (exact) mass is 309 g/mol. The van der Waals surface area contributed by atoms with Crippen LogP contribution in [-0.4, -0.2) is 58.2 Å². The topological polar surface area (TPSA) is 52.7 Å². The van der Waals surface area contributed by atoms with Crippen molar-refractivity contribution >= 4 is 0 Å². The molecule has 0 aliphatic carbocycles. The van der Waals surface area contributed by atoms with Crippen LogP contribution in [0.3, 0.4) is 0 Å². The number of rotatable bonds is 5. The largest absolute Gasteiger partial charge is 0.444 e. The lowest BCUT2D eigenvalue weighted by Gasteiger charge is -2.41. The number of aliphatic hydroxyl groups is 1. The molecule has 2 unspecified atom stereocenters. The van der Waals surface area contributed by atoms with Crippen LogP contribution in [0.1, 0.15) is 52.7 Å². The van der Waals surface area contributed by atoms with E-state index in [1.165, 1.54) is 0 Å². The molecule has 22 heavy (non-hydrogen) atoms. The van der Waals surface area contributed by atoms with E-state index in [9.17, 15) is 5.11 Å². The van der Waals surface area contributed by atoms with E-state index < -0.39 is 0 Å². The summed E-state index contributed by atoms with van der Waals surface area (Å²) in [6.45, 7) is 15.0. The van der Waals surface area contributed by atoms with Crippen LogP contribution in [0.15, 0.2) is 10.6 Å². The van der Waals surface area contributed by atoms with Gasteiger partial charge in [-0.15, -0.1) is 0 Å². The number of oxazole rings is 1. The van der Waals surface area contributed by atoms with Gasteiger partial charge in [0.25, 0.3) is 0 Å². The van der Waals surface area contributed by atoms with Crippen molar-refractivity contribution in [1.82, 2.24) is 14.8 Å². The van der Waals surface area contributed by atoms with Crippen molar-refractivity contribution in [2.75, 3.05) is 26.2 Å². The van der Waals surface area contributed by atoms with Crippen molar-refractivity contribution in [1.29, 1.82) is 0 Å². The Labute approximate surface area is 134 Å². The molecule has 1 aromatic rings. The van der Waals surface area contributed by atoms with Gasteiger partial charge in [-0.05, 0) is 13.3 Å². The molecule has 5 heteroatoms. The molecule has 1 fully saturated rings. The normalized spacial score (nSPS) is 22.9. The molecular weight excluding hydrogens is 278 g/mol. The summed E-state index contributed by atoms with van der Waals surface area (Å²) in [7, 11) is 0. The lowest BCUT2D eigenvalue weighted by Crippen LogP contribution is -2.54. The number of aromatic nitrogens is 1. The lowest BCUT2D eigenvalue weighted by molar-refractivity contribution is 0.0307. The van der Waals surface area contributed by atoms with Crippen molar-refractivity contribution in [2.45, 2.75) is 65.1 Å². The zero-order valence-corrected chi connectivity index (χ0v) is 14.7. The van der Waals surface area contributed by atoms with Gasteiger partial charge >= 0.3 is 0 Å². The Bertz CT molecular complexity index is 465. The standard InChI is InChI=1S/C17H31N3O2/c1-6-14-11-19(7-8-20(14)10-13(2)21)12-16-18-9-15(22-16)17(3,4)5/h9,13-14,21H,6-8,10-12H2,1-5H3. The maximum absolute atomic E-state index is 9.62. The number of aliphatic hydroxyl groups excluding tert-OH is 1. The van der Waals surface area contributed by atoms with E-state index in [0.29, 0.717) is 6.04 Å². The highest BCUT2D eigenvalue weighted by atomic mass is 16.4. The van der Waals surface area contributed by atoms with Crippen molar-refractivity contribution in [3.63, 3.8) is 0 Å². The summed E-state index contributed by atoms with van der Waals surface area (Å²) in [6, 6.07) is 0.500. The zero-order valence-electron chi connectivity index (χ0n) is 14.7.